The molecule has 1 aliphatic carbocycles. The summed E-state index contributed by atoms with van der Waals surface area (Å²) >= 11 is 0. The summed E-state index contributed by atoms with van der Waals surface area (Å²) in [5.74, 6) is -0.0190. The number of carbonyl (C=O) groups excluding carboxylic acids is 1. The smallest absolute Gasteiger partial charge is 0.252 e. The van der Waals surface area contributed by atoms with Crippen molar-refractivity contribution in [3.63, 3.8) is 0 Å². The predicted octanol–water partition coefficient (Wildman–Crippen LogP) is 2.65. The number of piperidine rings is 2. The fourth-order valence-corrected chi connectivity index (χ4v) is 4.71. The van der Waals surface area contributed by atoms with Crippen molar-refractivity contribution in [2.75, 3.05) is 26.2 Å². The van der Waals surface area contributed by atoms with Gasteiger partial charge in [0.05, 0.1) is 0 Å². The predicted molar refractivity (Wildman–Crippen MR) is 92.2 cm³/mol. The number of hydrogen-bond acceptors (Lipinski definition) is 3. The summed E-state index contributed by atoms with van der Waals surface area (Å²) < 4.78 is 0. The average Bonchev–Trinajstić information content (AvgIpc) is 3.36. The van der Waals surface area contributed by atoms with Gasteiger partial charge < -0.3 is 14.9 Å². The molecule has 3 fully saturated rings. The van der Waals surface area contributed by atoms with Gasteiger partial charge in [-0.25, -0.2) is 0 Å². The van der Waals surface area contributed by atoms with Crippen LogP contribution in [0.1, 0.15) is 65.7 Å². The molecule has 2 heterocycles. The first-order valence-electron chi connectivity index (χ1n) is 9.56. The van der Waals surface area contributed by atoms with Crippen LogP contribution in [0.15, 0.2) is 0 Å². The first-order chi connectivity index (χ1) is 10.8. The Hall–Kier alpha value is -0.610. The lowest BCUT2D eigenvalue weighted by Gasteiger charge is -2.42. The first-order valence-corrected chi connectivity index (χ1v) is 9.56. The molecule has 1 N–H and O–H groups in total. The Bertz CT molecular complexity index is 425. The van der Waals surface area contributed by atoms with Gasteiger partial charge in [-0.2, -0.15) is 0 Å². The van der Waals surface area contributed by atoms with Gasteiger partial charge in [-0.15, -0.1) is 0 Å². The normalized spacial score (nSPS) is 27.7. The van der Waals surface area contributed by atoms with E-state index >= 15 is 0 Å². The third-order valence-electron chi connectivity index (χ3n) is 6.72. The zero-order valence-corrected chi connectivity index (χ0v) is 15.2. The lowest BCUT2D eigenvalue weighted by Crippen LogP contribution is -2.52. The molecular weight excluding hydrogens is 288 g/mol. The van der Waals surface area contributed by atoms with Crippen LogP contribution in [-0.2, 0) is 4.79 Å². The summed E-state index contributed by atoms with van der Waals surface area (Å²) in [6, 6.07) is 0.647. The van der Waals surface area contributed by atoms with Gasteiger partial charge in [0.2, 0.25) is 0 Å². The van der Waals surface area contributed by atoms with E-state index in [1.54, 1.807) is 0 Å². The van der Waals surface area contributed by atoms with Crippen molar-refractivity contribution in [2.45, 2.75) is 77.9 Å². The van der Waals surface area contributed by atoms with Crippen molar-refractivity contribution in [3.8, 4) is 0 Å². The number of likely N-dealkylation sites (tertiary alicyclic amines) is 2. The minimum absolute atomic E-state index is 0.00575. The molecule has 3 rings (SSSR count). The number of aliphatic hydroxyl groups excluding tert-OH is 1. The minimum atomic E-state index is -0.811. The van der Waals surface area contributed by atoms with E-state index in [2.05, 4.69) is 25.7 Å². The fourth-order valence-electron chi connectivity index (χ4n) is 4.71. The monoisotopic (exact) mass is 322 g/mol. The molecule has 132 valence electrons. The van der Waals surface area contributed by atoms with Gasteiger partial charge in [-0.3, -0.25) is 4.79 Å². The number of nitrogens with zero attached hydrogens (tertiary/aromatic N) is 2. The van der Waals surface area contributed by atoms with Gasteiger partial charge in [0.15, 0.2) is 0 Å². The van der Waals surface area contributed by atoms with Crippen LogP contribution in [0.25, 0.3) is 0 Å². The van der Waals surface area contributed by atoms with Crippen molar-refractivity contribution < 1.29 is 9.90 Å². The second-order valence-corrected chi connectivity index (χ2v) is 8.96. The van der Waals surface area contributed by atoms with E-state index in [0.717, 1.165) is 38.8 Å². The molecule has 0 bridgehead atoms. The molecule has 0 aromatic rings. The van der Waals surface area contributed by atoms with Crippen LogP contribution in [0.5, 0.6) is 0 Å². The van der Waals surface area contributed by atoms with Gasteiger partial charge in [0.1, 0.15) is 6.10 Å². The maximum atomic E-state index is 12.8. The summed E-state index contributed by atoms with van der Waals surface area (Å²) in [4.78, 5) is 17.3. The molecule has 2 aliphatic heterocycles. The molecule has 3 aliphatic rings. The number of rotatable bonds is 3. The molecule has 0 radical (unpaired) electrons. The summed E-state index contributed by atoms with van der Waals surface area (Å²) in [6.07, 6.45) is 7.31. The maximum Gasteiger partial charge on any atom is 0.252 e. The van der Waals surface area contributed by atoms with Crippen LogP contribution in [0.4, 0.5) is 0 Å². The van der Waals surface area contributed by atoms with Gasteiger partial charge in [0, 0.05) is 24.5 Å². The van der Waals surface area contributed by atoms with Crippen molar-refractivity contribution in [1.82, 2.24) is 9.80 Å². The van der Waals surface area contributed by atoms with E-state index in [0.29, 0.717) is 6.04 Å². The molecule has 0 aromatic carbocycles. The highest BCUT2D eigenvalue weighted by Gasteiger charge is 2.59. The average molecular weight is 322 g/mol. The molecule has 23 heavy (non-hydrogen) atoms. The highest BCUT2D eigenvalue weighted by Crippen LogP contribution is 2.61. The Labute approximate surface area is 141 Å². The number of hydrogen-bond donors (Lipinski definition) is 1. The Morgan fingerprint density at radius 2 is 1.61 bits per heavy atom. The van der Waals surface area contributed by atoms with Crippen LogP contribution in [0.3, 0.4) is 0 Å². The Balaban J connectivity index is 1.54. The van der Waals surface area contributed by atoms with Crippen molar-refractivity contribution in [2.24, 2.45) is 10.8 Å². The molecule has 1 amide bonds. The van der Waals surface area contributed by atoms with Crippen LogP contribution in [0.2, 0.25) is 0 Å². The molecule has 1 saturated carbocycles. The molecule has 0 aromatic heterocycles. The van der Waals surface area contributed by atoms with E-state index in [1.807, 2.05) is 4.90 Å². The van der Waals surface area contributed by atoms with E-state index in [9.17, 15) is 9.90 Å². The van der Waals surface area contributed by atoms with Crippen molar-refractivity contribution >= 4 is 5.91 Å². The SMILES string of the molecule is CC(C)(C)C1(C(O)C(=O)N2CCC(N3CCCCC3)CC2)CC1. The number of carbonyl (C=O) groups is 1. The summed E-state index contributed by atoms with van der Waals surface area (Å²) in [5.41, 5.74) is -0.192. The Morgan fingerprint density at radius 3 is 2.09 bits per heavy atom. The van der Waals surface area contributed by atoms with Crippen LogP contribution in [0, 0.1) is 10.8 Å². The quantitative estimate of drug-likeness (QED) is 0.869. The third kappa shape index (κ3) is 3.30. The van der Waals surface area contributed by atoms with Crippen LogP contribution < -0.4 is 0 Å². The van der Waals surface area contributed by atoms with Crippen molar-refractivity contribution in [1.29, 1.82) is 0 Å². The second-order valence-electron chi connectivity index (χ2n) is 8.96. The van der Waals surface area contributed by atoms with E-state index in [-0.39, 0.29) is 16.7 Å². The zero-order valence-electron chi connectivity index (χ0n) is 15.2. The van der Waals surface area contributed by atoms with Gasteiger partial charge in [-0.05, 0) is 57.0 Å². The van der Waals surface area contributed by atoms with Gasteiger partial charge in [0.25, 0.3) is 5.91 Å². The molecule has 1 atom stereocenters. The Morgan fingerprint density at radius 1 is 1.04 bits per heavy atom. The number of aliphatic hydroxyl groups is 1. The highest BCUT2D eigenvalue weighted by molar-refractivity contribution is 5.82. The lowest BCUT2D eigenvalue weighted by atomic mass is 9.73. The second kappa shape index (κ2) is 6.36. The topological polar surface area (TPSA) is 43.8 Å². The first kappa shape index (κ1) is 17.2. The lowest BCUT2D eigenvalue weighted by molar-refractivity contribution is -0.149. The summed E-state index contributed by atoms with van der Waals surface area (Å²) in [5, 5.41) is 10.7. The molecule has 1 unspecified atom stereocenters. The molecule has 4 heteroatoms. The standard InChI is InChI=1S/C19H34N2O2/c1-18(2,3)19(9-10-19)16(22)17(23)21-13-7-15(8-14-21)20-11-5-4-6-12-20/h15-16,22H,4-14H2,1-3H3. The van der Waals surface area contributed by atoms with E-state index in [1.165, 1.54) is 32.4 Å². The van der Waals surface area contributed by atoms with E-state index in [4.69, 9.17) is 0 Å². The molecule has 0 spiro atoms. The minimum Gasteiger partial charge on any atom is -0.383 e. The molecule has 4 nitrogen and oxygen atoms in total. The molecular formula is C19H34N2O2. The Kier molecular flexibility index (Phi) is 4.76. The fraction of sp³-hybridized carbons (Fsp3) is 0.947. The van der Waals surface area contributed by atoms with Gasteiger partial charge >= 0.3 is 0 Å². The number of amides is 1. The zero-order chi connectivity index (χ0) is 16.7. The summed E-state index contributed by atoms with van der Waals surface area (Å²) in [7, 11) is 0. The third-order valence-corrected chi connectivity index (χ3v) is 6.72. The van der Waals surface area contributed by atoms with Crippen LogP contribution in [-0.4, -0.2) is 59.1 Å². The van der Waals surface area contributed by atoms with E-state index < -0.39 is 6.10 Å². The van der Waals surface area contributed by atoms with Crippen molar-refractivity contribution in [3.05, 3.63) is 0 Å². The largest absolute Gasteiger partial charge is 0.383 e. The van der Waals surface area contributed by atoms with Gasteiger partial charge in [-0.1, -0.05) is 27.2 Å². The molecule has 2 saturated heterocycles. The summed E-state index contributed by atoms with van der Waals surface area (Å²) in [6.45, 7) is 10.6. The van der Waals surface area contributed by atoms with Crippen LogP contribution >= 0.6 is 0 Å². The highest BCUT2D eigenvalue weighted by atomic mass is 16.3. The maximum absolute atomic E-state index is 12.8.